The van der Waals surface area contributed by atoms with Gasteiger partial charge in [0.15, 0.2) is 0 Å². The maximum Gasteiger partial charge on any atom is 0.333 e. The van der Waals surface area contributed by atoms with Gasteiger partial charge in [0.1, 0.15) is 6.10 Å². The van der Waals surface area contributed by atoms with Crippen molar-refractivity contribution in [1.29, 1.82) is 0 Å². The number of carbonyl (C=O) groups excluding carboxylic acids is 1. The summed E-state index contributed by atoms with van der Waals surface area (Å²) in [6, 6.07) is 0. The predicted molar refractivity (Wildman–Crippen MR) is 56.1 cm³/mol. The van der Waals surface area contributed by atoms with Crippen molar-refractivity contribution in [3.63, 3.8) is 0 Å². The van der Waals surface area contributed by atoms with Gasteiger partial charge in [0.2, 0.25) is 0 Å². The topological polar surface area (TPSA) is 35.5 Å². The highest BCUT2D eigenvalue weighted by molar-refractivity contribution is 5.87. The van der Waals surface area contributed by atoms with Gasteiger partial charge in [0, 0.05) is 18.6 Å². The molecule has 82 valence electrons. The molecule has 0 radical (unpaired) electrons. The van der Waals surface area contributed by atoms with Gasteiger partial charge in [-0.1, -0.05) is 13.5 Å². The molecule has 1 atom stereocenters. The zero-order chi connectivity index (χ0) is 11.0. The maximum atomic E-state index is 11.1. The van der Waals surface area contributed by atoms with Crippen molar-refractivity contribution < 1.29 is 14.3 Å². The third-order valence-electron chi connectivity index (χ3n) is 1.67. The zero-order valence-corrected chi connectivity index (χ0v) is 9.34. The Balaban J connectivity index is 3.50. The third-order valence-corrected chi connectivity index (χ3v) is 1.67. The van der Waals surface area contributed by atoms with Crippen LogP contribution in [0.2, 0.25) is 0 Å². The van der Waals surface area contributed by atoms with Gasteiger partial charge in [0.25, 0.3) is 0 Å². The standard InChI is InChI=1S/C11H20O3/c1-5-7-13-8-6-10(4)14-11(12)9(2)3/h10H,2,5-8H2,1,3-4H3. The molecule has 0 aliphatic rings. The van der Waals surface area contributed by atoms with Crippen LogP contribution in [0.1, 0.15) is 33.6 Å². The van der Waals surface area contributed by atoms with Crippen LogP contribution in [0.5, 0.6) is 0 Å². The summed E-state index contributed by atoms with van der Waals surface area (Å²) in [5.74, 6) is -0.326. The van der Waals surface area contributed by atoms with Crippen molar-refractivity contribution in [3.8, 4) is 0 Å². The second-order valence-electron chi connectivity index (χ2n) is 3.40. The van der Waals surface area contributed by atoms with E-state index in [1.807, 2.05) is 6.92 Å². The highest BCUT2D eigenvalue weighted by Gasteiger charge is 2.09. The molecule has 3 heteroatoms. The van der Waals surface area contributed by atoms with E-state index in [4.69, 9.17) is 9.47 Å². The van der Waals surface area contributed by atoms with Crippen LogP contribution in [-0.4, -0.2) is 25.3 Å². The van der Waals surface area contributed by atoms with Crippen molar-refractivity contribution in [2.24, 2.45) is 0 Å². The van der Waals surface area contributed by atoms with Gasteiger partial charge >= 0.3 is 5.97 Å². The molecule has 0 spiro atoms. The van der Waals surface area contributed by atoms with Crippen LogP contribution in [0.3, 0.4) is 0 Å². The molecule has 3 nitrogen and oxygen atoms in total. The van der Waals surface area contributed by atoms with Crippen LogP contribution >= 0.6 is 0 Å². The third kappa shape index (κ3) is 6.66. The van der Waals surface area contributed by atoms with Gasteiger partial charge in [0.05, 0.1) is 6.61 Å². The maximum absolute atomic E-state index is 11.1. The normalized spacial score (nSPS) is 12.2. The Labute approximate surface area is 86.1 Å². The molecule has 0 aromatic rings. The summed E-state index contributed by atoms with van der Waals surface area (Å²) < 4.78 is 10.4. The summed E-state index contributed by atoms with van der Waals surface area (Å²) >= 11 is 0. The molecule has 0 aliphatic carbocycles. The van der Waals surface area contributed by atoms with Crippen LogP contribution in [0, 0.1) is 0 Å². The summed E-state index contributed by atoms with van der Waals surface area (Å²) in [5, 5.41) is 0. The Bertz CT molecular complexity index is 187. The van der Waals surface area contributed by atoms with Gasteiger partial charge in [-0.25, -0.2) is 4.79 Å². The van der Waals surface area contributed by atoms with Gasteiger partial charge in [-0.05, 0) is 20.3 Å². The quantitative estimate of drug-likeness (QED) is 0.359. The van der Waals surface area contributed by atoms with Crippen LogP contribution in [0.4, 0.5) is 0 Å². The molecule has 0 aromatic heterocycles. The molecule has 0 saturated heterocycles. The average molecular weight is 200 g/mol. The fourth-order valence-corrected chi connectivity index (χ4v) is 0.838. The first-order valence-corrected chi connectivity index (χ1v) is 5.02. The number of esters is 1. The molecule has 0 N–H and O–H groups in total. The Morgan fingerprint density at radius 1 is 1.43 bits per heavy atom. The van der Waals surface area contributed by atoms with E-state index in [2.05, 4.69) is 13.5 Å². The van der Waals surface area contributed by atoms with Crippen molar-refractivity contribution in [2.75, 3.05) is 13.2 Å². The lowest BCUT2D eigenvalue weighted by Gasteiger charge is -2.12. The summed E-state index contributed by atoms with van der Waals surface area (Å²) in [6.45, 7) is 10.5. The lowest BCUT2D eigenvalue weighted by molar-refractivity contribution is -0.144. The molecule has 0 aromatic carbocycles. The number of hydrogen-bond donors (Lipinski definition) is 0. The summed E-state index contributed by atoms with van der Waals surface area (Å²) in [5.41, 5.74) is 0.436. The number of ether oxygens (including phenoxy) is 2. The Morgan fingerprint density at radius 2 is 2.07 bits per heavy atom. The van der Waals surface area contributed by atoms with Crippen LogP contribution in [0.15, 0.2) is 12.2 Å². The minimum absolute atomic E-state index is 0.101. The molecule has 0 saturated carbocycles. The van der Waals surface area contributed by atoms with Gasteiger partial charge < -0.3 is 9.47 Å². The number of rotatable bonds is 7. The highest BCUT2D eigenvalue weighted by atomic mass is 16.5. The highest BCUT2D eigenvalue weighted by Crippen LogP contribution is 2.02. The van der Waals surface area contributed by atoms with Gasteiger partial charge in [-0.15, -0.1) is 0 Å². The second-order valence-corrected chi connectivity index (χ2v) is 3.40. The van der Waals surface area contributed by atoms with Crippen molar-refractivity contribution in [2.45, 2.75) is 39.7 Å². The second kappa shape index (κ2) is 7.56. The van der Waals surface area contributed by atoms with Crippen LogP contribution < -0.4 is 0 Å². The number of hydrogen-bond acceptors (Lipinski definition) is 3. The molecule has 1 unspecified atom stereocenters. The minimum atomic E-state index is -0.326. The Morgan fingerprint density at radius 3 is 2.57 bits per heavy atom. The molecule has 0 rings (SSSR count). The monoisotopic (exact) mass is 200 g/mol. The molecule has 0 aliphatic heterocycles. The van der Waals surface area contributed by atoms with E-state index < -0.39 is 0 Å². The molecular weight excluding hydrogens is 180 g/mol. The fraction of sp³-hybridized carbons (Fsp3) is 0.727. The largest absolute Gasteiger partial charge is 0.459 e. The predicted octanol–water partition coefficient (Wildman–Crippen LogP) is 2.31. The SMILES string of the molecule is C=C(C)C(=O)OC(C)CCOCCC. The Hall–Kier alpha value is -0.830. The first-order valence-electron chi connectivity index (χ1n) is 5.02. The number of carbonyl (C=O) groups is 1. The fourth-order valence-electron chi connectivity index (χ4n) is 0.838. The lowest BCUT2D eigenvalue weighted by Crippen LogP contribution is -2.17. The molecule has 0 fully saturated rings. The van der Waals surface area contributed by atoms with Crippen molar-refractivity contribution in [1.82, 2.24) is 0 Å². The van der Waals surface area contributed by atoms with E-state index >= 15 is 0 Å². The van der Waals surface area contributed by atoms with Crippen molar-refractivity contribution >= 4 is 5.97 Å². The van der Waals surface area contributed by atoms with E-state index in [1.165, 1.54) is 0 Å². The summed E-state index contributed by atoms with van der Waals surface area (Å²) in [6.07, 6.45) is 1.65. The Kier molecular flexibility index (Phi) is 7.11. The van der Waals surface area contributed by atoms with Gasteiger partial charge in [-0.3, -0.25) is 0 Å². The van der Waals surface area contributed by atoms with E-state index in [9.17, 15) is 4.79 Å². The van der Waals surface area contributed by atoms with Crippen molar-refractivity contribution in [3.05, 3.63) is 12.2 Å². The molecule has 0 bridgehead atoms. The van der Waals surface area contributed by atoms with Crippen LogP contribution in [-0.2, 0) is 14.3 Å². The summed E-state index contributed by atoms with van der Waals surface area (Å²) in [7, 11) is 0. The summed E-state index contributed by atoms with van der Waals surface area (Å²) in [4.78, 5) is 11.1. The average Bonchev–Trinajstić information content (AvgIpc) is 2.12. The lowest BCUT2D eigenvalue weighted by atomic mass is 10.3. The van der Waals surface area contributed by atoms with Gasteiger partial charge in [-0.2, -0.15) is 0 Å². The smallest absolute Gasteiger partial charge is 0.333 e. The molecule has 14 heavy (non-hydrogen) atoms. The van der Waals surface area contributed by atoms with Crippen LogP contribution in [0.25, 0.3) is 0 Å². The molecule has 0 amide bonds. The van der Waals surface area contributed by atoms with E-state index in [0.717, 1.165) is 19.4 Å². The zero-order valence-electron chi connectivity index (χ0n) is 9.34. The molecular formula is C11H20O3. The first-order chi connectivity index (χ1) is 6.57. The molecule has 0 heterocycles. The van der Waals surface area contributed by atoms with E-state index in [1.54, 1.807) is 6.92 Å². The van der Waals surface area contributed by atoms with E-state index in [0.29, 0.717) is 12.2 Å². The first kappa shape index (κ1) is 13.2. The minimum Gasteiger partial charge on any atom is -0.459 e. The van der Waals surface area contributed by atoms with E-state index in [-0.39, 0.29) is 12.1 Å².